The first-order chi connectivity index (χ1) is 11.4. The van der Waals surface area contributed by atoms with Gasteiger partial charge in [-0.05, 0) is 26.1 Å². The van der Waals surface area contributed by atoms with Crippen LogP contribution >= 0.6 is 0 Å². The van der Waals surface area contributed by atoms with Gasteiger partial charge in [-0.25, -0.2) is 0 Å². The Labute approximate surface area is 145 Å². The molecule has 1 unspecified atom stereocenters. The van der Waals surface area contributed by atoms with Crippen LogP contribution in [-0.4, -0.2) is 72.0 Å². The lowest BCUT2D eigenvalue weighted by atomic mass is 10.1. The Hall–Kier alpha value is -0.830. The number of nitrogens with zero attached hydrogens (tertiary/aromatic N) is 2. The van der Waals surface area contributed by atoms with E-state index in [1.165, 1.54) is 0 Å². The van der Waals surface area contributed by atoms with E-state index in [-0.39, 0.29) is 17.8 Å². The molecule has 2 fully saturated rings. The van der Waals surface area contributed by atoms with Crippen molar-refractivity contribution in [1.82, 2.24) is 14.5 Å². The number of rotatable bonds is 6. The quantitative estimate of drug-likeness (QED) is 0.764. The summed E-state index contributed by atoms with van der Waals surface area (Å²) in [6, 6.07) is 10.3. The Bertz CT molecular complexity index is 584. The Morgan fingerprint density at radius 2 is 2.12 bits per heavy atom. The fourth-order valence-electron chi connectivity index (χ4n) is 3.57. The van der Waals surface area contributed by atoms with Gasteiger partial charge in [0, 0.05) is 19.1 Å². The Morgan fingerprint density at radius 3 is 2.79 bits per heavy atom. The lowest BCUT2D eigenvalue weighted by Gasteiger charge is -2.27. The van der Waals surface area contributed by atoms with E-state index < -0.39 is 10.4 Å². The summed E-state index contributed by atoms with van der Waals surface area (Å²) in [7, 11) is 0.963. The number of sulfonamides is 1. The minimum absolute atomic E-state index is 0.00396. The van der Waals surface area contributed by atoms with Crippen molar-refractivity contribution in [3.8, 4) is 0 Å². The van der Waals surface area contributed by atoms with Crippen LogP contribution in [-0.2, 0) is 26.0 Å². The number of ether oxygens (including phenoxy) is 1. The van der Waals surface area contributed by atoms with Crippen molar-refractivity contribution in [2.75, 3.05) is 39.5 Å². The van der Waals surface area contributed by atoms with Gasteiger partial charge in [0.1, 0.15) is 16.2 Å². The van der Waals surface area contributed by atoms with Crippen LogP contribution in [0.15, 0.2) is 30.3 Å². The third kappa shape index (κ3) is 4.41. The summed E-state index contributed by atoms with van der Waals surface area (Å²) in [4.78, 5) is 4.52. The Balaban J connectivity index is 1.57. The average molecular weight is 353 g/mol. The second kappa shape index (κ2) is 7.59. The molecule has 3 rings (SSSR count). The largest absolute Gasteiger partial charge is 0.598 e. The van der Waals surface area contributed by atoms with Gasteiger partial charge in [-0.1, -0.05) is 34.5 Å². The molecule has 0 bridgehead atoms. The minimum atomic E-state index is -3.20. The number of hydrogen-bond donors (Lipinski definition) is 1. The van der Waals surface area contributed by atoms with E-state index in [4.69, 9.17) is 4.74 Å². The number of hydrogen-bond acceptors (Lipinski definition) is 5. The van der Waals surface area contributed by atoms with E-state index in [1.54, 1.807) is 0 Å². The highest BCUT2D eigenvalue weighted by molar-refractivity contribution is 7.96. The van der Waals surface area contributed by atoms with Gasteiger partial charge in [0.25, 0.3) is 0 Å². The maximum absolute atomic E-state index is 12.1. The second-order valence-corrected chi connectivity index (χ2v) is 8.77. The molecule has 0 radical (unpaired) electrons. The SMILES string of the molecule is CN(C)[C@H]1CCN([C@@H]2C[S+](=O)([O-])N[C@@H]2COCc2ccccc2)C1. The zero-order chi connectivity index (χ0) is 17.2. The lowest BCUT2D eigenvalue weighted by Crippen LogP contribution is -2.47. The molecular formula is C17H27N3O3S. The topological polar surface area (TPSA) is 67.9 Å². The van der Waals surface area contributed by atoms with Crippen LogP contribution < -0.4 is 4.72 Å². The highest BCUT2D eigenvalue weighted by Gasteiger charge is 2.46. The van der Waals surface area contributed by atoms with Crippen molar-refractivity contribution in [1.29, 1.82) is 0 Å². The first-order valence-corrected chi connectivity index (χ1v) is 10.1. The van der Waals surface area contributed by atoms with Gasteiger partial charge in [-0.2, -0.15) is 0 Å². The Kier molecular flexibility index (Phi) is 5.69. The lowest BCUT2D eigenvalue weighted by molar-refractivity contribution is 0.0801. The minimum Gasteiger partial charge on any atom is -0.598 e. The first-order valence-electron chi connectivity index (χ1n) is 8.47. The van der Waals surface area contributed by atoms with Crippen molar-refractivity contribution in [3.05, 3.63) is 35.9 Å². The van der Waals surface area contributed by atoms with Gasteiger partial charge in [0.2, 0.25) is 0 Å². The van der Waals surface area contributed by atoms with E-state index >= 15 is 0 Å². The fraction of sp³-hybridized carbons (Fsp3) is 0.647. The van der Waals surface area contributed by atoms with Crippen LogP contribution in [0.25, 0.3) is 0 Å². The van der Waals surface area contributed by atoms with Gasteiger partial charge in [0.05, 0.1) is 25.3 Å². The van der Waals surface area contributed by atoms with Gasteiger partial charge in [-0.3, -0.25) is 4.90 Å². The molecule has 4 atom stereocenters. The molecule has 2 saturated heterocycles. The molecule has 24 heavy (non-hydrogen) atoms. The first kappa shape index (κ1) is 18.0. The highest BCUT2D eigenvalue weighted by Crippen LogP contribution is 2.24. The molecule has 134 valence electrons. The molecule has 1 N–H and O–H groups in total. The molecule has 1 aromatic carbocycles. The van der Waals surface area contributed by atoms with Crippen LogP contribution in [0.4, 0.5) is 0 Å². The molecule has 0 spiro atoms. The van der Waals surface area contributed by atoms with Crippen LogP contribution in [0.2, 0.25) is 0 Å². The molecule has 2 aliphatic rings. The average Bonchev–Trinajstić information content (AvgIpc) is 3.13. The molecular weight excluding hydrogens is 326 g/mol. The maximum atomic E-state index is 12.1. The van der Waals surface area contributed by atoms with E-state index in [0.29, 0.717) is 19.3 Å². The monoisotopic (exact) mass is 353 g/mol. The van der Waals surface area contributed by atoms with Crippen LogP contribution in [0.5, 0.6) is 0 Å². The zero-order valence-corrected chi connectivity index (χ0v) is 15.2. The van der Waals surface area contributed by atoms with Gasteiger partial charge in [-0.15, -0.1) is 4.72 Å². The predicted octanol–water partition coefficient (Wildman–Crippen LogP) is 0.724. The van der Waals surface area contributed by atoms with Crippen LogP contribution in [0.3, 0.4) is 0 Å². The summed E-state index contributed by atoms with van der Waals surface area (Å²) < 4.78 is 32.7. The van der Waals surface area contributed by atoms with Crippen LogP contribution in [0, 0.1) is 0 Å². The highest BCUT2D eigenvalue weighted by atomic mass is 32.3. The summed E-state index contributed by atoms with van der Waals surface area (Å²) in [5.41, 5.74) is 1.10. The predicted molar refractivity (Wildman–Crippen MR) is 94.2 cm³/mol. The number of nitrogens with one attached hydrogen (secondary N) is 1. The summed E-state index contributed by atoms with van der Waals surface area (Å²) in [5, 5.41) is 0. The number of likely N-dealkylation sites (tertiary alicyclic amines) is 1. The molecule has 0 aromatic heterocycles. The van der Waals surface area contributed by atoms with Crippen molar-refractivity contribution >= 4 is 10.4 Å². The van der Waals surface area contributed by atoms with Crippen molar-refractivity contribution in [2.45, 2.75) is 31.2 Å². The normalized spacial score (nSPS) is 34.2. The maximum Gasteiger partial charge on any atom is 0.144 e. The molecule has 7 heteroatoms. The second-order valence-electron chi connectivity index (χ2n) is 6.97. The zero-order valence-electron chi connectivity index (χ0n) is 14.4. The van der Waals surface area contributed by atoms with Gasteiger partial charge >= 0.3 is 0 Å². The molecule has 0 saturated carbocycles. The van der Waals surface area contributed by atoms with Crippen molar-refractivity contribution in [2.24, 2.45) is 0 Å². The van der Waals surface area contributed by atoms with Crippen molar-refractivity contribution < 1.29 is 13.5 Å². The fourth-order valence-corrected chi connectivity index (χ4v) is 5.25. The van der Waals surface area contributed by atoms with Gasteiger partial charge < -0.3 is 14.2 Å². The molecule has 6 nitrogen and oxygen atoms in total. The van der Waals surface area contributed by atoms with Gasteiger partial charge in [0.15, 0.2) is 0 Å². The van der Waals surface area contributed by atoms with Crippen LogP contribution in [0.1, 0.15) is 12.0 Å². The molecule has 2 heterocycles. The van der Waals surface area contributed by atoms with E-state index in [9.17, 15) is 8.76 Å². The van der Waals surface area contributed by atoms with E-state index in [1.807, 2.05) is 30.3 Å². The summed E-state index contributed by atoms with van der Waals surface area (Å²) >= 11 is 0. The third-order valence-corrected chi connectivity index (χ3v) is 6.43. The van der Waals surface area contributed by atoms with E-state index in [0.717, 1.165) is 25.1 Å². The van der Waals surface area contributed by atoms with Crippen molar-refractivity contribution in [3.63, 3.8) is 0 Å². The summed E-state index contributed by atoms with van der Waals surface area (Å²) in [5.74, 6) is 0.173. The summed E-state index contributed by atoms with van der Waals surface area (Å²) in [6.45, 7) is 2.78. The standard InChI is InChI=1S/C17H27N3O3S/c1-19(2)15-8-9-20(10-15)17-13-24(21,22)18-16(17)12-23-11-14-6-4-3-5-7-14/h3-7,15-17H,8-13H2,1-2H3,(H-,18,21,22)/t15-,16+,17+/m0/s1. The number of likely N-dealkylation sites (N-methyl/N-ethyl adjacent to an activating group) is 1. The third-order valence-electron chi connectivity index (χ3n) is 4.99. The molecule has 0 amide bonds. The smallest absolute Gasteiger partial charge is 0.144 e. The summed E-state index contributed by atoms with van der Waals surface area (Å²) in [6.07, 6.45) is 1.08. The molecule has 1 aromatic rings. The van der Waals surface area contributed by atoms with E-state index in [2.05, 4.69) is 28.6 Å². The Morgan fingerprint density at radius 1 is 1.38 bits per heavy atom. The number of benzene rings is 1. The molecule has 2 aliphatic heterocycles. The molecule has 0 aliphatic carbocycles.